The number of pyridine rings is 1. The fourth-order valence-corrected chi connectivity index (χ4v) is 1.18. The normalized spacial score (nSPS) is 12.7. The average Bonchev–Trinajstić information content (AvgIpc) is 2.66. The van der Waals surface area contributed by atoms with Crippen molar-refractivity contribution >= 4 is 0 Å². The van der Waals surface area contributed by atoms with Crippen molar-refractivity contribution in [2.45, 2.75) is 20.0 Å². The summed E-state index contributed by atoms with van der Waals surface area (Å²) >= 11 is 0. The lowest BCUT2D eigenvalue weighted by Crippen LogP contribution is -1.91. The predicted molar refractivity (Wildman–Crippen MR) is 52.9 cm³/mol. The van der Waals surface area contributed by atoms with Crippen molar-refractivity contribution in [3.8, 4) is 11.5 Å². The molecular weight excluding hydrogens is 194 g/mol. The highest BCUT2D eigenvalue weighted by Crippen LogP contribution is 2.16. The summed E-state index contributed by atoms with van der Waals surface area (Å²) in [6, 6.07) is 5.55. The summed E-state index contributed by atoms with van der Waals surface area (Å²) in [4.78, 5) is 8.28. The van der Waals surface area contributed by atoms with Crippen molar-refractivity contribution in [3.63, 3.8) is 0 Å². The molecule has 78 valence electrons. The maximum absolute atomic E-state index is 9.22. The zero-order valence-corrected chi connectivity index (χ0v) is 8.51. The second kappa shape index (κ2) is 3.78. The molecule has 0 aromatic carbocycles. The van der Waals surface area contributed by atoms with Gasteiger partial charge in [0.15, 0.2) is 0 Å². The zero-order chi connectivity index (χ0) is 10.8. The molecule has 2 heterocycles. The van der Waals surface area contributed by atoms with Crippen LogP contribution in [0.15, 0.2) is 22.7 Å². The summed E-state index contributed by atoms with van der Waals surface area (Å²) in [6.45, 7) is 3.46. The summed E-state index contributed by atoms with van der Waals surface area (Å²) in [5.41, 5.74) is 1.53. The van der Waals surface area contributed by atoms with E-state index in [1.165, 1.54) is 0 Å². The summed E-state index contributed by atoms with van der Waals surface area (Å²) < 4.78 is 4.87. The van der Waals surface area contributed by atoms with Gasteiger partial charge in [0.25, 0.3) is 5.89 Å². The molecule has 0 radical (unpaired) electrons. The number of nitrogens with zero attached hydrogens (tertiary/aromatic N) is 3. The minimum Gasteiger partial charge on any atom is -0.384 e. The number of hydrogen-bond donors (Lipinski definition) is 1. The van der Waals surface area contributed by atoms with Crippen molar-refractivity contribution in [1.82, 2.24) is 15.1 Å². The maximum atomic E-state index is 9.22. The predicted octanol–water partition coefficient (Wildman–Crippen LogP) is 1.49. The molecule has 0 fully saturated rings. The molecule has 0 saturated carbocycles. The lowest BCUT2D eigenvalue weighted by atomic mass is 10.3. The molecule has 2 rings (SSSR count). The Kier molecular flexibility index (Phi) is 2.47. The number of aromatic nitrogens is 3. The Labute approximate surface area is 86.8 Å². The molecule has 0 spiro atoms. The van der Waals surface area contributed by atoms with Crippen molar-refractivity contribution in [1.29, 1.82) is 0 Å². The lowest BCUT2D eigenvalue weighted by molar-refractivity contribution is 0.152. The van der Waals surface area contributed by atoms with Crippen LogP contribution in [0, 0.1) is 6.92 Å². The Balaban J connectivity index is 2.37. The Bertz CT molecular complexity index is 465. The van der Waals surface area contributed by atoms with Crippen LogP contribution >= 0.6 is 0 Å². The highest BCUT2D eigenvalue weighted by Gasteiger charge is 2.13. The van der Waals surface area contributed by atoms with Gasteiger partial charge in [-0.1, -0.05) is 11.2 Å². The first-order chi connectivity index (χ1) is 7.16. The molecule has 0 aliphatic carbocycles. The molecule has 1 atom stereocenters. The Hall–Kier alpha value is -1.75. The third kappa shape index (κ3) is 2.02. The first-order valence-corrected chi connectivity index (χ1v) is 4.62. The van der Waals surface area contributed by atoms with Gasteiger partial charge in [0.1, 0.15) is 11.8 Å². The molecule has 0 bridgehead atoms. The minimum atomic E-state index is -0.754. The van der Waals surface area contributed by atoms with Crippen molar-refractivity contribution in [3.05, 3.63) is 29.8 Å². The lowest BCUT2D eigenvalue weighted by Gasteiger charge is -1.94. The van der Waals surface area contributed by atoms with Gasteiger partial charge >= 0.3 is 0 Å². The van der Waals surface area contributed by atoms with E-state index in [4.69, 9.17) is 4.52 Å². The molecule has 5 nitrogen and oxygen atoms in total. The number of aliphatic hydroxyl groups excluding tert-OH is 1. The largest absolute Gasteiger partial charge is 0.384 e. The van der Waals surface area contributed by atoms with Crippen LogP contribution in [0.5, 0.6) is 0 Å². The Morgan fingerprint density at radius 1 is 1.33 bits per heavy atom. The van der Waals surface area contributed by atoms with Crippen molar-refractivity contribution in [2.24, 2.45) is 0 Å². The molecule has 0 amide bonds. The first-order valence-electron chi connectivity index (χ1n) is 4.62. The van der Waals surface area contributed by atoms with Crippen LogP contribution in [0.3, 0.4) is 0 Å². The molecule has 1 N–H and O–H groups in total. The van der Waals surface area contributed by atoms with E-state index in [1.807, 2.05) is 19.1 Å². The number of hydrogen-bond acceptors (Lipinski definition) is 5. The third-order valence-electron chi connectivity index (χ3n) is 1.92. The highest BCUT2D eigenvalue weighted by atomic mass is 16.5. The van der Waals surface area contributed by atoms with E-state index < -0.39 is 6.10 Å². The fourth-order valence-electron chi connectivity index (χ4n) is 1.18. The van der Waals surface area contributed by atoms with E-state index in [9.17, 15) is 5.11 Å². The molecule has 0 aliphatic heterocycles. The number of rotatable bonds is 2. The molecule has 15 heavy (non-hydrogen) atoms. The van der Waals surface area contributed by atoms with Gasteiger partial charge in [0, 0.05) is 5.69 Å². The van der Waals surface area contributed by atoms with Crippen molar-refractivity contribution in [2.75, 3.05) is 0 Å². The van der Waals surface area contributed by atoms with Gasteiger partial charge in [-0.25, -0.2) is 4.98 Å². The van der Waals surface area contributed by atoms with Gasteiger partial charge in [-0.05, 0) is 26.0 Å². The summed E-state index contributed by atoms with van der Waals surface area (Å²) in [5, 5.41) is 13.0. The van der Waals surface area contributed by atoms with E-state index in [0.717, 1.165) is 5.69 Å². The van der Waals surface area contributed by atoms with Gasteiger partial charge in [0.05, 0.1) is 0 Å². The molecule has 2 aromatic heterocycles. The third-order valence-corrected chi connectivity index (χ3v) is 1.92. The maximum Gasteiger partial charge on any atom is 0.255 e. The quantitative estimate of drug-likeness (QED) is 0.804. The smallest absolute Gasteiger partial charge is 0.255 e. The SMILES string of the molecule is Cc1cccc(-c2noc(C(C)O)n2)n1. The van der Waals surface area contributed by atoms with Crippen LogP contribution in [0.25, 0.3) is 11.5 Å². The second-order valence-electron chi connectivity index (χ2n) is 3.30. The molecular formula is C10H11N3O2. The fraction of sp³-hybridized carbons (Fsp3) is 0.300. The van der Waals surface area contributed by atoms with Gasteiger partial charge in [0.2, 0.25) is 5.82 Å². The summed E-state index contributed by atoms with van der Waals surface area (Å²) in [6.07, 6.45) is -0.754. The number of aryl methyl sites for hydroxylation is 1. The Morgan fingerprint density at radius 3 is 2.73 bits per heavy atom. The topological polar surface area (TPSA) is 72.0 Å². The summed E-state index contributed by atoms with van der Waals surface area (Å²) in [7, 11) is 0. The van der Waals surface area contributed by atoms with E-state index in [-0.39, 0.29) is 5.89 Å². The van der Waals surface area contributed by atoms with Gasteiger partial charge in [-0.2, -0.15) is 4.98 Å². The van der Waals surface area contributed by atoms with Crippen molar-refractivity contribution < 1.29 is 9.63 Å². The summed E-state index contributed by atoms with van der Waals surface area (Å²) in [5.74, 6) is 0.600. The number of aliphatic hydroxyl groups is 1. The monoisotopic (exact) mass is 205 g/mol. The van der Waals surface area contributed by atoms with Crippen LogP contribution in [-0.4, -0.2) is 20.2 Å². The van der Waals surface area contributed by atoms with E-state index >= 15 is 0 Å². The minimum absolute atomic E-state index is 0.202. The molecule has 0 saturated heterocycles. The highest BCUT2D eigenvalue weighted by molar-refractivity contribution is 5.47. The Morgan fingerprint density at radius 2 is 2.13 bits per heavy atom. The standard InChI is InChI=1S/C10H11N3O2/c1-6-4-3-5-8(11-6)9-12-10(7(2)14)15-13-9/h3-5,7,14H,1-2H3. The van der Waals surface area contributed by atoms with Gasteiger partial charge in [-0.3, -0.25) is 0 Å². The molecule has 2 aromatic rings. The van der Waals surface area contributed by atoms with Crippen LogP contribution in [0.4, 0.5) is 0 Å². The molecule has 5 heteroatoms. The van der Waals surface area contributed by atoms with Gasteiger partial charge in [-0.15, -0.1) is 0 Å². The second-order valence-corrected chi connectivity index (χ2v) is 3.30. The average molecular weight is 205 g/mol. The van der Waals surface area contributed by atoms with Gasteiger partial charge < -0.3 is 9.63 Å². The van der Waals surface area contributed by atoms with Crippen LogP contribution in [0.1, 0.15) is 24.6 Å². The zero-order valence-electron chi connectivity index (χ0n) is 8.51. The van der Waals surface area contributed by atoms with E-state index in [2.05, 4.69) is 15.1 Å². The van der Waals surface area contributed by atoms with Crippen LogP contribution in [0.2, 0.25) is 0 Å². The molecule has 0 aliphatic rings. The van der Waals surface area contributed by atoms with Crippen LogP contribution in [-0.2, 0) is 0 Å². The first kappa shape index (κ1) is 9.79. The van der Waals surface area contributed by atoms with E-state index in [1.54, 1.807) is 13.0 Å². The van der Waals surface area contributed by atoms with Crippen LogP contribution < -0.4 is 0 Å². The molecule has 1 unspecified atom stereocenters. The van der Waals surface area contributed by atoms with E-state index in [0.29, 0.717) is 11.5 Å².